The molecule has 0 saturated carbocycles. The first-order chi connectivity index (χ1) is 13.9. The Labute approximate surface area is 170 Å². The van der Waals surface area contributed by atoms with Gasteiger partial charge in [-0.05, 0) is 38.0 Å². The van der Waals surface area contributed by atoms with Crippen molar-refractivity contribution in [1.29, 1.82) is 0 Å². The number of hydrogen-bond acceptors (Lipinski definition) is 5. The van der Waals surface area contributed by atoms with Gasteiger partial charge in [-0.2, -0.15) is 13.2 Å². The van der Waals surface area contributed by atoms with Gasteiger partial charge in [0.25, 0.3) is 11.8 Å². The van der Waals surface area contributed by atoms with E-state index in [4.69, 9.17) is 4.74 Å². The molecular formula is C19H22F3N3O5. The maximum Gasteiger partial charge on any atom is 0.416 e. The summed E-state index contributed by atoms with van der Waals surface area (Å²) < 4.78 is 43.2. The number of carbonyl (C=O) groups excluding carboxylic acids is 4. The molecule has 1 aromatic carbocycles. The molecular weight excluding hydrogens is 407 g/mol. The van der Waals surface area contributed by atoms with Crippen molar-refractivity contribution in [3.05, 3.63) is 29.8 Å². The maximum atomic E-state index is 12.8. The number of anilines is 1. The highest BCUT2D eigenvalue weighted by atomic mass is 19.4. The van der Waals surface area contributed by atoms with Crippen molar-refractivity contribution in [1.82, 2.24) is 10.2 Å². The number of halogens is 3. The molecule has 4 amide bonds. The van der Waals surface area contributed by atoms with Gasteiger partial charge in [-0.15, -0.1) is 0 Å². The topological polar surface area (TPSA) is 105 Å². The van der Waals surface area contributed by atoms with E-state index in [1.807, 2.05) is 0 Å². The van der Waals surface area contributed by atoms with Crippen molar-refractivity contribution in [3.8, 4) is 0 Å². The molecule has 1 aromatic rings. The Kier molecular flexibility index (Phi) is 6.73. The average Bonchev–Trinajstić information content (AvgIpc) is 2.92. The summed E-state index contributed by atoms with van der Waals surface area (Å²) in [5.41, 5.74) is -2.15. The van der Waals surface area contributed by atoms with Crippen LogP contribution in [0.2, 0.25) is 0 Å². The highest BCUT2D eigenvalue weighted by Crippen LogP contribution is 2.30. The van der Waals surface area contributed by atoms with Crippen LogP contribution in [-0.2, 0) is 25.3 Å². The van der Waals surface area contributed by atoms with E-state index in [0.29, 0.717) is 17.7 Å². The second kappa shape index (κ2) is 8.72. The predicted octanol–water partition coefficient (Wildman–Crippen LogP) is 2.69. The van der Waals surface area contributed by atoms with Gasteiger partial charge in [0, 0.05) is 5.69 Å². The number of benzene rings is 1. The minimum atomic E-state index is -4.58. The molecule has 30 heavy (non-hydrogen) atoms. The number of rotatable bonds is 7. The lowest BCUT2D eigenvalue weighted by Crippen LogP contribution is -2.46. The summed E-state index contributed by atoms with van der Waals surface area (Å²) in [7, 11) is 0. The van der Waals surface area contributed by atoms with Gasteiger partial charge < -0.3 is 15.4 Å². The minimum absolute atomic E-state index is 0.123. The predicted molar refractivity (Wildman–Crippen MR) is 99.2 cm³/mol. The van der Waals surface area contributed by atoms with Crippen LogP contribution in [0, 0.1) is 0 Å². The van der Waals surface area contributed by atoms with Gasteiger partial charge in [-0.1, -0.05) is 19.9 Å². The Morgan fingerprint density at radius 3 is 2.40 bits per heavy atom. The number of urea groups is 1. The monoisotopic (exact) mass is 429 g/mol. The molecule has 1 fully saturated rings. The van der Waals surface area contributed by atoms with Gasteiger partial charge in [0.05, 0.1) is 5.56 Å². The number of hydrogen-bond donors (Lipinski definition) is 2. The Bertz CT molecular complexity index is 852. The molecule has 0 aromatic heterocycles. The fourth-order valence-corrected chi connectivity index (χ4v) is 2.98. The van der Waals surface area contributed by atoms with E-state index in [2.05, 4.69) is 10.6 Å². The summed E-state index contributed by atoms with van der Waals surface area (Å²) in [5.74, 6) is -2.43. The lowest BCUT2D eigenvalue weighted by molar-refractivity contribution is -0.155. The highest BCUT2D eigenvalue weighted by Gasteiger charge is 2.49. The highest BCUT2D eigenvalue weighted by molar-refractivity contribution is 6.08. The number of nitrogens with zero attached hydrogens (tertiary/aromatic N) is 1. The van der Waals surface area contributed by atoms with Gasteiger partial charge in [0.2, 0.25) is 0 Å². The molecule has 1 saturated heterocycles. The van der Waals surface area contributed by atoms with Crippen LogP contribution in [0.1, 0.15) is 39.2 Å². The largest absolute Gasteiger partial charge is 0.451 e. The van der Waals surface area contributed by atoms with Gasteiger partial charge in [0.1, 0.15) is 12.1 Å². The Hall–Kier alpha value is -3.11. The van der Waals surface area contributed by atoms with Crippen LogP contribution in [0.25, 0.3) is 0 Å². The third-order valence-electron chi connectivity index (χ3n) is 4.88. The van der Waals surface area contributed by atoms with Crippen molar-refractivity contribution >= 4 is 29.5 Å². The van der Waals surface area contributed by atoms with Crippen LogP contribution < -0.4 is 10.6 Å². The number of carbonyl (C=O) groups is 4. The van der Waals surface area contributed by atoms with Crippen LogP contribution >= 0.6 is 0 Å². The van der Waals surface area contributed by atoms with Crippen LogP contribution in [0.3, 0.4) is 0 Å². The average molecular weight is 429 g/mol. The third kappa shape index (κ3) is 4.89. The summed E-state index contributed by atoms with van der Waals surface area (Å²) in [6.07, 6.45) is -5.26. The summed E-state index contributed by atoms with van der Waals surface area (Å²) in [5, 5.41) is 4.78. The van der Waals surface area contributed by atoms with Crippen LogP contribution in [0.4, 0.5) is 23.7 Å². The zero-order chi connectivity index (χ0) is 22.7. The fourth-order valence-electron chi connectivity index (χ4n) is 2.98. The van der Waals surface area contributed by atoms with E-state index in [9.17, 15) is 32.3 Å². The third-order valence-corrected chi connectivity index (χ3v) is 4.88. The van der Waals surface area contributed by atoms with Crippen molar-refractivity contribution < 1.29 is 37.1 Å². The second-order valence-corrected chi connectivity index (χ2v) is 6.81. The van der Waals surface area contributed by atoms with E-state index in [-0.39, 0.29) is 5.69 Å². The number of esters is 1. The molecule has 0 radical (unpaired) electrons. The zero-order valence-corrected chi connectivity index (χ0v) is 16.6. The van der Waals surface area contributed by atoms with Crippen LogP contribution in [-0.4, -0.2) is 46.9 Å². The Morgan fingerprint density at radius 1 is 1.23 bits per heavy atom. The molecule has 2 N–H and O–H groups in total. The molecule has 164 valence electrons. The summed E-state index contributed by atoms with van der Waals surface area (Å²) in [4.78, 5) is 49.5. The number of nitrogens with one attached hydrogen (secondary N) is 2. The van der Waals surface area contributed by atoms with Gasteiger partial charge in [-0.3, -0.25) is 19.3 Å². The van der Waals surface area contributed by atoms with Gasteiger partial charge in [0.15, 0.2) is 6.10 Å². The SMILES string of the molecule is CCC1(CC)NC(=O)N(CC(=O)OC(C)C(=O)Nc2cccc(C(F)(F)F)c2)C1=O. The first-order valence-electron chi connectivity index (χ1n) is 9.25. The molecule has 1 aliphatic heterocycles. The molecule has 0 aliphatic carbocycles. The van der Waals surface area contributed by atoms with E-state index in [1.165, 1.54) is 13.0 Å². The zero-order valence-electron chi connectivity index (χ0n) is 16.6. The number of ether oxygens (including phenoxy) is 1. The summed E-state index contributed by atoms with van der Waals surface area (Å²) in [6, 6.07) is 3.24. The van der Waals surface area contributed by atoms with E-state index < -0.39 is 53.7 Å². The molecule has 1 aliphatic rings. The fraction of sp³-hybridized carbons (Fsp3) is 0.474. The number of imide groups is 1. The van der Waals surface area contributed by atoms with E-state index >= 15 is 0 Å². The lowest BCUT2D eigenvalue weighted by Gasteiger charge is -2.23. The first kappa shape index (κ1) is 23.2. The van der Waals surface area contributed by atoms with Crippen LogP contribution in [0.5, 0.6) is 0 Å². The molecule has 2 rings (SSSR count). The molecule has 0 spiro atoms. The number of amides is 4. The molecule has 1 atom stereocenters. The van der Waals surface area contributed by atoms with E-state index in [0.717, 1.165) is 18.2 Å². The standard InChI is InChI=1S/C19H22F3N3O5/c1-4-18(5-2)16(28)25(17(29)24-18)10-14(26)30-11(3)15(27)23-13-8-6-7-12(9-13)19(20,21)22/h6-9,11H,4-5,10H2,1-3H3,(H,23,27)(H,24,29). The molecule has 0 bridgehead atoms. The van der Waals surface area contributed by atoms with Crippen molar-refractivity contribution in [2.24, 2.45) is 0 Å². The molecule has 1 heterocycles. The Balaban J connectivity index is 1.97. The first-order valence-corrected chi connectivity index (χ1v) is 9.25. The smallest absolute Gasteiger partial charge is 0.416 e. The van der Waals surface area contributed by atoms with E-state index in [1.54, 1.807) is 13.8 Å². The molecule has 8 nitrogen and oxygen atoms in total. The summed E-state index contributed by atoms with van der Waals surface area (Å²) in [6.45, 7) is 3.98. The van der Waals surface area contributed by atoms with Crippen molar-refractivity contribution in [2.75, 3.05) is 11.9 Å². The van der Waals surface area contributed by atoms with Crippen molar-refractivity contribution in [2.45, 2.75) is 51.4 Å². The molecule has 1 unspecified atom stereocenters. The Morgan fingerprint density at radius 2 is 1.87 bits per heavy atom. The maximum absolute atomic E-state index is 12.8. The van der Waals surface area contributed by atoms with Gasteiger partial charge >= 0.3 is 18.2 Å². The lowest BCUT2D eigenvalue weighted by atomic mass is 9.93. The molecule has 11 heteroatoms. The quantitative estimate of drug-likeness (QED) is 0.512. The van der Waals surface area contributed by atoms with Gasteiger partial charge in [-0.25, -0.2) is 4.79 Å². The minimum Gasteiger partial charge on any atom is -0.451 e. The number of alkyl halides is 3. The second-order valence-electron chi connectivity index (χ2n) is 6.81. The van der Waals surface area contributed by atoms with Crippen molar-refractivity contribution in [3.63, 3.8) is 0 Å². The summed E-state index contributed by atoms with van der Waals surface area (Å²) >= 11 is 0. The normalized spacial score (nSPS) is 16.8. The van der Waals surface area contributed by atoms with Crippen LogP contribution in [0.15, 0.2) is 24.3 Å².